The summed E-state index contributed by atoms with van der Waals surface area (Å²) >= 11 is 3.59. The van der Waals surface area contributed by atoms with E-state index >= 15 is 0 Å². The third-order valence-electron chi connectivity index (χ3n) is 4.74. The number of ether oxygens (including phenoxy) is 2. The van der Waals surface area contributed by atoms with Gasteiger partial charge in [0.25, 0.3) is 0 Å². The fourth-order valence-electron chi connectivity index (χ4n) is 3.32. The summed E-state index contributed by atoms with van der Waals surface area (Å²) in [7, 11) is 3.32. The summed E-state index contributed by atoms with van der Waals surface area (Å²) < 4.78 is 11.6. The molecule has 0 unspecified atom stereocenters. The van der Waals surface area contributed by atoms with Gasteiger partial charge in [0.15, 0.2) is 0 Å². The second-order valence-corrected chi connectivity index (χ2v) is 7.28. The van der Waals surface area contributed by atoms with E-state index in [-0.39, 0.29) is 0 Å². The Morgan fingerprint density at radius 3 is 1.89 bits per heavy atom. The molecule has 1 heterocycles. The van der Waals surface area contributed by atoms with Gasteiger partial charge in [0, 0.05) is 21.0 Å². The Balaban J connectivity index is 2.04. The van der Waals surface area contributed by atoms with Crippen molar-refractivity contribution in [2.75, 3.05) is 20.0 Å². The Kier molecular flexibility index (Phi) is 4.92. The summed E-state index contributed by atoms with van der Waals surface area (Å²) in [5.41, 5.74) is 10.2. The summed E-state index contributed by atoms with van der Waals surface area (Å²) in [6.07, 6.45) is 0. The third kappa shape index (κ3) is 3.29. The van der Waals surface area contributed by atoms with Gasteiger partial charge in [-0.05, 0) is 65.5 Å². The molecule has 0 bridgehead atoms. The number of hydrogen-bond acceptors (Lipinski definition) is 4. The maximum Gasteiger partial charge on any atom is 0.132 e. The van der Waals surface area contributed by atoms with E-state index in [1.807, 2.05) is 60.7 Å². The van der Waals surface area contributed by atoms with Gasteiger partial charge in [-0.3, -0.25) is 0 Å². The van der Waals surface area contributed by atoms with E-state index in [4.69, 9.17) is 20.2 Å². The van der Waals surface area contributed by atoms with Crippen molar-refractivity contribution in [1.82, 2.24) is 4.98 Å². The van der Waals surface area contributed by atoms with Gasteiger partial charge in [0.05, 0.1) is 19.9 Å². The SMILES string of the molecule is COc1ccc(-c2nc(N)c3ccc(Br)cc3c2-c2ccc(OC)cc2)cc1. The first kappa shape index (κ1) is 18.3. The minimum Gasteiger partial charge on any atom is -0.497 e. The molecule has 5 heteroatoms. The average Bonchev–Trinajstić information content (AvgIpc) is 2.73. The molecule has 0 spiro atoms. The van der Waals surface area contributed by atoms with Gasteiger partial charge in [0.1, 0.15) is 17.3 Å². The smallest absolute Gasteiger partial charge is 0.132 e. The van der Waals surface area contributed by atoms with Crippen LogP contribution in [0.5, 0.6) is 11.5 Å². The van der Waals surface area contributed by atoms with Crippen LogP contribution in [0.4, 0.5) is 5.82 Å². The van der Waals surface area contributed by atoms with Gasteiger partial charge in [-0.15, -0.1) is 0 Å². The number of benzene rings is 3. The van der Waals surface area contributed by atoms with Crippen molar-refractivity contribution in [1.29, 1.82) is 0 Å². The van der Waals surface area contributed by atoms with Crippen LogP contribution in [-0.4, -0.2) is 19.2 Å². The van der Waals surface area contributed by atoms with Crippen LogP contribution in [0.1, 0.15) is 0 Å². The predicted octanol–water partition coefficient (Wildman–Crippen LogP) is 5.93. The number of halogens is 1. The Bertz CT molecular complexity index is 1140. The lowest BCUT2D eigenvalue weighted by atomic mass is 9.93. The zero-order valence-corrected chi connectivity index (χ0v) is 17.2. The number of hydrogen-bond donors (Lipinski definition) is 1. The minimum atomic E-state index is 0.505. The maximum absolute atomic E-state index is 6.32. The molecule has 0 radical (unpaired) electrons. The summed E-state index contributed by atoms with van der Waals surface area (Å²) in [4.78, 5) is 4.77. The van der Waals surface area contributed by atoms with Crippen molar-refractivity contribution < 1.29 is 9.47 Å². The number of pyridine rings is 1. The molecule has 0 saturated carbocycles. The van der Waals surface area contributed by atoms with Gasteiger partial charge in [-0.2, -0.15) is 0 Å². The zero-order valence-electron chi connectivity index (χ0n) is 15.6. The van der Waals surface area contributed by atoms with Crippen LogP contribution in [-0.2, 0) is 0 Å². The number of rotatable bonds is 4. The number of anilines is 1. The number of aromatic nitrogens is 1. The highest BCUT2D eigenvalue weighted by Crippen LogP contribution is 2.40. The number of nitrogen functional groups attached to an aromatic ring is 1. The molecule has 0 saturated heterocycles. The largest absolute Gasteiger partial charge is 0.497 e. The van der Waals surface area contributed by atoms with Gasteiger partial charge in [-0.25, -0.2) is 4.98 Å². The third-order valence-corrected chi connectivity index (χ3v) is 5.23. The van der Waals surface area contributed by atoms with Gasteiger partial charge < -0.3 is 15.2 Å². The van der Waals surface area contributed by atoms with E-state index in [1.54, 1.807) is 14.2 Å². The molecule has 2 N–H and O–H groups in total. The standard InChI is InChI=1S/C23H19BrN2O2/c1-27-17-8-3-14(4-9-17)21-20-13-16(24)7-12-19(20)23(25)26-22(21)15-5-10-18(28-2)11-6-15/h3-13H,1-2H3,(H2,25,26). The van der Waals surface area contributed by atoms with Crippen LogP contribution in [0.3, 0.4) is 0 Å². The lowest BCUT2D eigenvalue weighted by Crippen LogP contribution is -1.98. The van der Waals surface area contributed by atoms with E-state index in [1.165, 1.54) is 0 Å². The number of methoxy groups -OCH3 is 2. The summed E-state index contributed by atoms with van der Waals surface area (Å²) in [6.45, 7) is 0. The van der Waals surface area contributed by atoms with Crippen LogP contribution in [0.25, 0.3) is 33.2 Å². The van der Waals surface area contributed by atoms with E-state index in [0.29, 0.717) is 5.82 Å². The highest BCUT2D eigenvalue weighted by Gasteiger charge is 2.16. The Hall–Kier alpha value is -3.05. The molecule has 0 aliphatic rings. The molecule has 0 fully saturated rings. The highest BCUT2D eigenvalue weighted by molar-refractivity contribution is 9.10. The zero-order chi connectivity index (χ0) is 19.7. The predicted molar refractivity (Wildman–Crippen MR) is 118 cm³/mol. The van der Waals surface area contributed by atoms with Crippen molar-refractivity contribution >= 4 is 32.5 Å². The number of nitrogens with zero attached hydrogens (tertiary/aromatic N) is 1. The molecule has 4 nitrogen and oxygen atoms in total. The lowest BCUT2D eigenvalue weighted by Gasteiger charge is -2.16. The van der Waals surface area contributed by atoms with E-state index < -0.39 is 0 Å². The molecular weight excluding hydrogens is 416 g/mol. The first-order chi connectivity index (χ1) is 13.6. The maximum atomic E-state index is 6.32. The molecule has 3 aromatic carbocycles. The quantitative estimate of drug-likeness (QED) is 0.432. The molecule has 0 aliphatic carbocycles. The van der Waals surface area contributed by atoms with Crippen LogP contribution >= 0.6 is 15.9 Å². The Labute approximate surface area is 172 Å². The molecule has 4 rings (SSSR count). The second kappa shape index (κ2) is 7.52. The van der Waals surface area contributed by atoms with E-state index in [0.717, 1.165) is 49.1 Å². The molecule has 4 aromatic rings. The average molecular weight is 435 g/mol. The van der Waals surface area contributed by atoms with Crippen LogP contribution in [0.2, 0.25) is 0 Å². The fraction of sp³-hybridized carbons (Fsp3) is 0.0870. The minimum absolute atomic E-state index is 0.505. The molecular formula is C23H19BrN2O2. The molecule has 28 heavy (non-hydrogen) atoms. The van der Waals surface area contributed by atoms with E-state index in [2.05, 4.69) is 22.0 Å². The lowest BCUT2D eigenvalue weighted by molar-refractivity contribution is 0.414. The van der Waals surface area contributed by atoms with Crippen LogP contribution in [0, 0.1) is 0 Å². The van der Waals surface area contributed by atoms with Crippen LogP contribution < -0.4 is 15.2 Å². The van der Waals surface area contributed by atoms with Crippen molar-refractivity contribution in [3.05, 3.63) is 71.2 Å². The molecule has 0 amide bonds. The fourth-order valence-corrected chi connectivity index (χ4v) is 3.68. The molecule has 140 valence electrons. The summed E-state index contributed by atoms with van der Waals surface area (Å²) in [5.74, 6) is 2.11. The Morgan fingerprint density at radius 1 is 0.750 bits per heavy atom. The topological polar surface area (TPSA) is 57.4 Å². The van der Waals surface area contributed by atoms with Gasteiger partial charge in [0.2, 0.25) is 0 Å². The monoisotopic (exact) mass is 434 g/mol. The normalized spacial score (nSPS) is 10.8. The van der Waals surface area contributed by atoms with Crippen molar-refractivity contribution in [3.63, 3.8) is 0 Å². The molecule has 0 atom stereocenters. The first-order valence-electron chi connectivity index (χ1n) is 8.78. The first-order valence-corrected chi connectivity index (χ1v) is 9.57. The van der Waals surface area contributed by atoms with Crippen molar-refractivity contribution in [2.24, 2.45) is 0 Å². The summed E-state index contributed by atoms with van der Waals surface area (Å²) in [5, 5.41) is 1.96. The molecule has 0 aliphatic heterocycles. The van der Waals surface area contributed by atoms with Crippen molar-refractivity contribution in [2.45, 2.75) is 0 Å². The number of fused-ring (bicyclic) bond motifs is 1. The second-order valence-electron chi connectivity index (χ2n) is 6.37. The highest BCUT2D eigenvalue weighted by atomic mass is 79.9. The van der Waals surface area contributed by atoms with Gasteiger partial charge in [-0.1, -0.05) is 28.1 Å². The summed E-state index contributed by atoms with van der Waals surface area (Å²) in [6, 6.07) is 21.9. The number of nitrogens with two attached hydrogens (primary N) is 1. The Morgan fingerprint density at radius 2 is 1.32 bits per heavy atom. The van der Waals surface area contributed by atoms with Crippen molar-refractivity contribution in [3.8, 4) is 33.9 Å². The molecule has 1 aromatic heterocycles. The van der Waals surface area contributed by atoms with E-state index in [9.17, 15) is 0 Å². The van der Waals surface area contributed by atoms with Crippen LogP contribution in [0.15, 0.2) is 71.2 Å². The van der Waals surface area contributed by atoms with Gasteiger partial charge >= 0.3 is 0 Å².